The molecule has 8 heteroatoms. The maximum Gasteiger partial charge on any atom is 0.251 e. The van der Waals surface area contributed by atoms with Crippen molar-refractivity contribution in [1.29, 1.82) is 0 Å². The molecule has 2 rings (SSSR count). The molecule has 8 nitrogen and oxygen atoms in total. The molecule has 0 fully saturated rings. The Balaban J connectivity index is 3.25. The Morgan fingerprint density at radius 3 is 0.630 bits per heavy atom. The lowest BCUT2D eigenvalue weighted by Gasteiger charge is -2.39. The molecule has 2 bridgehead atoms. The van der Waals surface area contributed by atoms with Gasteiger partial charge in [-0.1, -0.05) is 5.57 Å². The molecule has 0 saturated heterocycles. The van der Waals surface area contributed by atoms with Gasteiger partial charge in [0.15, 0.2) is 0 Å². The van der Waals surface area contributed by atoms with Crippen molar-refractivity contribution in [3.8, 4) is 0 Å². The van der Waals surface area contributed by atoms with E-state index in [2.05, 4.69) is 0 Å². The number of nitrogens with zero attached hydrogens (tertiary/aromatic N) is 4. The van der Waals surface area contributed by atoms with Crippen LogP contribution in [0.3, 0.4) is 0 Å². The van der Waals surface area contributed by atoms with Gasteiger partial charge in [-0.3, -0.25) is 19.2 Å². The Labute approximate surface area is 280 Å². The Bertz CT molecular complexity index is 1080. The van der Waals surface area contributed by atoms with E-state index in [0.717, 1.165) is 11.1 Å². The predicted molar refractivity (Wildman–Crippen MR) is 188 cm³/mol. The van der Waals surface area contributed by atoms with Gasteiger partial charge in [-0.2, -0.15) is 0 Å². The minimum Gasteiger partial charge on any atom is -0.334 e. The van der Waals surface area contributed by atoms with Crippen LogP contribution in [0.25, 0.3) is 0 Å². The lowest BCUT2D eigenvalue weighted by molar-refractivity contribution is -0.135. The molecule has 0 spiro atoms. The summed E-state index contributed by atoms with van der Waals surface area (Å²) < 4.78 is 0. The van der Waals surface area contributed by atoms with E-state index in [9.17, 15) is 19.2 Å². The zero-order valence-corrected chi connectivity index (χ0v) is 32.2. The van der Waals surface area contributed by atoms with Crippen LogP contribution in [0.15, 0.2) is 33.4 Å². The van der Waals surface area contributed by atoms with Crippen molar-refractivity contribution < 1.29 is 19.2 Å². The average molecular weight is 641 g/mol. The third-order valence-electron chi connectivity index (χ3n) is 9.24. The molecule has 0 radical (unpaired) electrons. The molecule has 260 valence electrons. The molecule has 0 aromatic rings. The molecule has 0 unspecified atom stereocenters. The molecule has 0 saturated carbocycles. The summed E-state index contributed by atoms with van der Waals surface area (Å²) in [4.78, 5) is 66.9. The number of amides is 4. The topological polar surface area (TPSA) is 81.2 Å². The van der Waals surface area contributed by atoms with Gasteiger partial charge in [0.25, 0.3) is 23.6 Å². The summed E-state index contributed by atoms with van der Waals surface area (Å²) >= 11 is 0. The fraction of sp³-hybridized carbons (Fsp3) is 0.737. The van der Waals surface area contributed by atoms with Crippen LogP contribution in [0, 0.1) is 11.8 Å². The van der Waals surface area contributed by atoms with Crippen LogP contribution in [0.1, 0.15) is 125 Å². The Morgan fingerprint density at radius 2 is 0.522 bits per heavy atom. The van der Waals surface area contributed by atoms with E-state index in [1.54, 1.807) is 0 Å². The summed E-state index contributed by atoms with van der Waals surface area (Å²) in [7, 11) is 0. The van der Waals surface area contributed by atoms with Gasteiger partial charge in [0.2, 0.25) is 0 Å². The van der Waals surface area contributed by atoms with Crippen molar-refractivity contribution in [3.63, 3.8) is 0 Å². The molecule has 2 aliphatic carbocycles. The molecule has 2 aliphatic rings. The van der Waals surface area contributed by atoms with E-state index in [1.807, 2.05) is 144 Å². The fourth-order valence-electron chi connectivity index (χ4n) is 8.05. The van der Waals surface area contributed by atoms with Crippen molar-refractivity contribution in [2.24, 2.45) is 11.8 Å². The quantitative estimate of drug-likeness (QED) is 0.221. The highest BCUT2D eigenvalue weighted by Gasteiger charge is 2.59. The minimum atomic E-state index is -0.782. The predicted octanol–water partition coefficient (Wildman–Crippen LogP) is 6.76. The van der Waals surface area contributed by atoms with E-state index >= 15 is 0 Å². The third kappa shape index (κ3) is 7.01. The number of rotatable bonds is 12. The highest BCUT2D eigenvalue weighted by molar-refractivity contribution is 6.18. The molecule has 0 heterocycles. The van der Waals surface area contributed by atoms with Crippen LogP contribution < -0.4 is 0 Å². The lowest BCUT2D eigenvalue weighted by Crippen LogP contribution is -2.50. The van der Waals surface area contributed by atoms with Crippen LogP contribution in [-0.2, 0) is 19.2 Å². The zero-order chi connectivity index (χ0) is 35.9. The number of hydrogen-bond acceptors (Lipinski definition) is 4. The molecule has 0 atom stereocenters. The Morgan fingerprint density at radius 1 is 0.370 bits per heavy atom. The van der Waals surface area contributed by atoms with Gasteiger partial charge in [-0.25, -0.2) is 0 Å². The van der Waals surface area contributed by atoms with E-state index in [-0.39, 0.29) is 72.0 Å². The Hall–Kier alpha value is -2.90. The molecule has 4 amide bonds. The molecular weight excluding hydrogens is 576 g/mol. The monoisotopic (exact) mass is 640 g/mol. The maximum atomic E-state index is 14.9. The van der Waals surface area contributed by atoms with Gasteiger partial charge in [0.1, 0.15) is 0 Å². The molecule has 0 aliphatic heterocycles. The number of allylic oxidation sites excluding steroid dienone is 2. The second kappa shape index (κ2) is 14.9. The first kappa shape index (κ1) is 39.3. The SMILES string of the molecule is CC(C)=C1C2C(C(=O)N(C(C)C)C(C)C)=C(C(=O)N(C(C)C)C(C)C)C1C(C(=O)N(C(C)C)C(C)C)=C2C(=O)N(C(C)C)C(C)C. The van der Waals surface area contributed by atoms with Crippen LogP contribution >= 0.6 is 0 Å². The summed E-state index contributed by atoms with van der Waals surface area (Å²) in [5, 5.41) is 0. The van der Waals surface area contributed by atoms with E-state index in [0.29, 0.717) is 22.3 Å². The maximum absolute atomic E-state index is 14.9. The highest BCUT2D eigenvalue weighted by Crippen LogP contribution is 2.59. The van der Waals surface area contributed by atoms with Crippen molar-refractivity contribution in [3.05, 3.63) is 33.4 Å². The van der Waals surface area contributed by atoms with Gasteiger partial charge in [-0.05, 0) is 130 Å². The van der Waals surface area contributed by atoms with Crippen LogP contribution in [-0.4, -0.2) is 91.6 Å². The fourth-order valence-corrected chi connectivity index (χ4v) is 8.05. The first-order chi connectivity index (χ1) is 21.0. The van der Waals surface area contributed by atoms with Crippen LogP contribution in [0.5, 0.6) is 0 Å². The average Bonchev–Trinajstić information content (AvgIpc) is 3.38. The van der Waals surface area contributed by atoms with Crippen LogP contribution in [0.4, 0.5) is 0 Å². The summed E-state index contributed by atoms with van der Waals surface area (Å²) in [6.45, 7) is 35.5. The molecule has 0 aromatic carbocycles. The number of hydrogen-bond donors (Lipinski definition) is 0. The first-order valence-corrected chi connectivity index (χ1v) is 17.5. The minimum absolute atomic E-state index is 0.138. The molecule has 0 N–H and O–H groups in total. The number of carbonyl (C=O) groups excluding carboxylic acids is 4. The van der Waals surface area contributed by atoms with Gasteiger partial charge in [0, 0.05) is 82.5 Å². The summed E-state index contributed by atoms with van der Waals surface area (Å²) in [5.41, 5.74) is 3.15. The lowest BCUT2D eigenvalue weighted by atomic mass is 9.82. The first-order valence-electron chi connectivity index (χ1n) is 17.5. The normalized spacial score (nSPS) is 18.2. The summed E-state index contributed by atoms with van der Waals surface area (Å²) in [6.07, 6.45) is 0. The largest absolute Gasteiger partial charge is 0.334 e. The molecule has 46 heavy (non-hydrogen) atoms. The standard InChI is InChI=1S/C38H64N4O4/c1-19(2)28-29-31(35(43)39(20(3)4)21(5)6)32(36(44)40(22(7)8)23(9)10)30(28)34(38(46)42(26(15)16)27(17)18)33(29)37(45)41(24(11)12)25(13)14/h20-27,29-30H,1-18H3. The van der Waals surface area contributed by atoms with Gasteiger partial charge in [0.05, 0.1) is 0 Å². The van der Waals surface area contributed by atoms with Gasteiger partial charge in [-0.15, -0.1) is 0 Å². The number of carbonyl (C=O) groups is 4. The van der Waals surface area contributed by atoms with E-state index in [4.69, 9.17) is 0 Å². The van der Waals surface area contributed by atoms with E-state index < -0.39 is 11.8 Å². The van der Waals surface area contributed by atoms with Crippen molar-refractivity contribution in [2.45, 2.75) is 173 Å². The summed E-state index contributed by atoms with van der Waals surface area (Å²) in [6, 6.07) is -1.10. The molecule has 0 aromatic heterocycles. The summed E-state index contributed by atoms with van der Waals surface area (Å²) in [5.74, 6) is -2.53. The Kier molecular flexibility index (Phi) is 12.7. The second-order valence-corrected chi connectivity index (χ2v) is 15.6. The van der Waals surface area contributed by atoms with Crippen molar-refractivity contribution >= 4 is 23.6 Å². The van der Waals surface area contributed by atoms with Gasteiger partial charge < -0.3 is 19.6 Å². The van der Waals surface area contributed by atoms with E-state index in [1.165, 1.54) is 0 Å². The van der Waals surface area contributed by atoms with Crippen molar-refractivity contribution in [1.82, 2.24) is 19.6 Å². The van der Waals surface area contributed by atoms with Crippen LogP contribution in [0.2, 0.25) is 0 Å². The zero-order valence-electron chi connectivity index (χ0n) is 32.2. The third-order valence-corrected chi connectivity index (χ3v) is 9.24. The highest BCUT2D eigenvalue weighted by atomic mass is 16.2. The smallest absolute Gasteiger partial charge is 0.251 e. The van der Waals surface area contributed by atoms with Crippen molar-refractivity contribution in [2.75, 3.05) is 0 Å². The molecular formula is C38H64N4O4. The second-order valence-electron chi connectivity index (χ2n) is 15.6. The number of fused-ring (bicyclic) bond motifs is 2. The van der Waals surface area contributed by atoms with Gasteiger partial charge >= 0.3 is 0 Å².